The molecule has 6 rings (SSSR count). The first-order chi connectivity index (χ1) is 13.2. The second-order valence-corrected chi connectivity index (χ2v) is 8.83. The van der Waals surface area contributed by atoms with Gasteiger partial charge in [-0.05, 0) is 68.0 Å². The summed E-state index contributed by atoms with van der Waals surface area (Å²) in [5.41, 5.74) is 1.73. The van der Waals surface area contributed by atoms with Crippen molar-refractivity contribution in [3.63, 3.8) is 0 Å². The molecule has 7 heteroatoms. The second-order valence-electron chi connectivity index (χ2n) is 8.02. The average molecular weight is 387 g/mol. The molecule has 0 radical (unpaired) electrons. The molecule has 4 aliphatic rings. The van der Waals surface area contributed by atoms with Gasteiger partial charge in [-0.15, -0.1) is 0 Å². The lowest BCUT2D eigenvalue weighted by Crippen LogP contribution is -2.57. The fourth-order valence-electron chi connectivity index (χ4n) is 4.81. The van der Waals surface area contributed by atoms with E-state index < -0.39 is 0 Å². The number of anilines is 1. The van der Waals surface area contributed by atoms with Crippen LogP contribution in [0.1, 0.15) is 29.8 Å². The molecule has 4 fully saturated rings. The van der Waals surface area contributed by atoms with Gasteiger partial charge in [0, 0.05) is 43.9 Å². The third kappa shape index (κ3) is 3.22. The first kappa shape index (κ1) is 17.4. The van der Waals surface area contributed by atoms with Gasteiger partial charge in [-0.2, -0.15) is 4.37 Å². The Morgan fingerprint density at radius 3 is 2.78 bits per heavy atom. The Bertz CT molecular complexity index is 846. The van der Waals surface area contributed by atoms with Gasteiger partial charge in [0.1, 0.15) is 5.69 Å². The van der Waals surface area contributed by atoms with Crippen molar-refractivity contribution in [2.75, 3.05) is 44.7 Å². The highest BCUT2D eigenvalue weighted by atomic mass is 32.1. The van der Waals surface area contributed by atoms with Gasteiger partial charge in [0.2, 0.25) is 0 Å². The standard InChI is InChI=1S/C20H26N4O2S/c1-26-15-6-9-24(11-15)14-2-3-18-16(10-14)19(22-27-18)20(25)21-17-12-23-7-4-13(17)5-8-23/h2-3,10,13,15,17H,4-9,11-12H2,1H3,(H,21,25)/t15-,17-/m1/s1. The van der Waals surface area contributed by atoms with Crippen molar-refractivity contribution in [1.82, 2.24) is 14.6 Å². The van der Waals surface area contributed by atoms with Crippen molar-refractivity contribution in [2.24, 2.45) is 5.92 Å². The summed E-state index contributed by atoms with van der Waals surface area (Å²) in [6, 6.07) is 6.62. The van der Waals surface area contributed by atoms with Crippen molar-refractivity contribution < 1.29 is 9.53 Å². The van der Waals surface area contributed by atoms with Crippen LogP contribution in [-0.4, -0.2) is 67.2 Å². The number of rotatable bonds is 4. The van der Waals surface area contributed by atoms with Crippen molar-refractivity contribution in [2.45, 2.75) is 31.4 Å². The summed E-state index contributed by atoms with van der Waals surface area (Å²) < 4.78 is 11.1. The van der Waals surface area contributed by atoms with E-state index in [1.165, 1.54) is 37.5 Å². The van der Waals surface area contributed by atoms with Crippen molar-refractivity contribution in [3.8, 4) is 0 Å². The quantitative estimate of drug-likeness (QED) is 0.874. The Morgan fingerprint density at radius 1 is 1.22 bits per heavy atom. The molecular weight excluding hydrogens is 360 g/mol. The maximum absolute atomic E-state index is 13.0. The maximum Gasteiger partial charge on any atom is 0.271 e. The number of carbonyl (C=O) groups is 1. The minimum Gasteiger partial charge on any atom is -0.380 e. The zero-order valence-corrected chi connectivity index (χ0v) is 16.5. The zero-order chi connectivity index (χ0) is 18.4. The van der Waals surface area contributed by atoms with Gasteiger partial charge in [-0.25, -0.2) is 0 Å². The molecule has 144 valence electrons. The minimum absolute atomic E-state index is 0.0201. The number of methoxy groups -OCH3 is 1. The van der Waals surface area contributed by atoms with Crippen molar-refractivity contribution in [3.05, 3.63) is 23.9 Å². The number of ether oxygens (including phenoxy) is 1. The highest BCUT2D eigenvalue weighted by Gasteiger charge is 2.35. The Kier molecular flexibility index (Phi) is 4.53. The van der Waals surface area contributed by atoms with Gasteiger partial charge in [0.05, 0.1) is 10.8 Å². The maximum atomic E-state index is 13.0. The molecule has 27 heavy (non-hydrogen) atoms. The number of nitrogens with one attached hydrogen (secondary N) is 1. The predicted octanol–water partition coefficient (Wildman–Crippen LogP) is 2.35. The number of hydrogen-bond donors (Lipinski definition) is 1. The third-order valence-corrected chi connectivity index (χ3v) is 7.31. The lowest BCUT2D eigenvalue weighted by atomic mass is 9.84. The number of benzene rings is 1. The van der Waals surface area contributed by atoms with Crippen molar-refractivity contribution in [1.29, 1.82) is 0 Å². The molecule has 2 atom stereocenters. The summed E-state index contributed by atoms with van der Waals surface area (Å²) in [6.07, 6.45) is 3.73. The van der Waals surface area contributed by atoms with E-state index >= 15 is 0 Å². The summed E-state index contributed by atoms with van der Waals surface area (Å²) in [5.74, 6) is 0.600. The first-order valence-corrected chi connectivity index (χ1v) is 10.7. The van der Waals surface area contributed by atoms with Gasteiger partial charge in [-0.3, -0.25) is 4.79 Å². The minimum atomic E-state index is -0.0201. The van der Waals surface area contributed by atoms with E-state index in [2.05, 4.69) is 37.7 Å². The summed E-state index contributed by atoms with van der Waals surface area (Å²) in [6.45, 7) is 5.23. The Morgan fingerprint density at radius 2 is 2.07 bits per heavy atom. The van der Waals surface area contributed by atoms with E-state index in [4.69, 9.17) is 4.74 Å². The first-order valence-electron chi connectivity index (χ1n) is 9.91. The van der Waals surface area contributed by atoms with Crippen LogP contribution in [0.5, 0.6) is 0 Å². The Balaban J connectivity index is 1.37. The molecule has 0 unspecified atom stereocenters. The molecule has 6 nitrogen and oxygen atoms in total. The molecule has 1 amide bonds. The molecule has 1 N–H and O–H groups in total. The van der Waals surface area contributed by atoms with E-state index in [9.17, 15) is 4.79 Å². The van der Waals surface area contributed by atoms with Crippen LogP contribution >= 0.6 is 11.5 Å². The molecule has 2 bridgehead atoms. The lowest BCUT2D eigenvalue weighted by Gasteiger charge is -2.44. The van der Waals surface area contributed by atoms with Crippen LogP contribution in [-0.2, 0) is 4.74 Å². The van der Waals surface area contributed by atoms with E-state index in [0.29, 0.717) is 17.7 Å². The molecule has 1 aromatic carbocycles. The lowest BCUT2D eigenvalue weighted by molar-refractivity contribution is 0.0619. The smallest absolute Gasteiger partial charge is 0.271 e. The van der Waals surface area contributed by atoms with Crippen LogP contribution in [0.3, 0.4) is 0 Å². The summed E-state index contributed by atoms with van der Waals surface area (Å²) in [5, 5.41) is 4.25. The highest BCUT2D eigenvalue weighted by Crippen LogP contribution is 2.31. The molecule has 1 aromatic heterocycles. The normalized spacial score (nSPS) is 30.2. The fourth-order valence-corrected chi connectivity index (χ4v) is 5.56. The van der Waals surface area contributed by atoms with Gasteiger partial charge in [0.25, 0.3) is 5.91 Å². The molecule has 0 aliphatic carbocycles. The van der Waals surface area contributed by atoms with Crippen LogP contribution < -0.4 is 10.2 Å². The summed E-state index contributed by atoms with van der Waals surface area (Å²) in [7, 11) is 1.77. The molecular formula is C20H26N4O2S. The van der Waals surface area contributed by atoms with Gasteiger partial charge in [-0.1, -0.05) is 0 Å². The van der Waals surface area contributed by atoms with E-state index in [0.717, 1.165) is 41.8 Å². The number of hydrogen-bond acceptors (Lipinski definition) is 6. The Labute approximate surface area is 163 Å². The van der Waals surface area contributed by atoms with E-state index in [1.54, 1.807) is 7.11 Å². The predicted molar refractivity (Wildman–Crippen MR) is 108 cm³/mol. The van der Waals surface area contributed by atoms with Crippen LogP contribution in [0, 0.1) is 5.92 Å². The van der Waals surface area contributed by atoms with E-state index in [1.807, 2.05) is 0 Å². The van der Waals surface area contributed by atoms with Crippen molar-refractivity contribution >= 4 is 33.2 Å². The van der Waals surface area contributed by atoms with Crippen LogP contribution in [0.15, 0.2) is 18.2 Å². The SMILES string of the molecule is CO[C@@H]1CCN(c2ccc3snc(C(=O)N[C@@H]4CN5CCC4CC5)c3c2)C1. The molecule has 0 spiro atoms. The van der Waals surface area contributed by atoms with Crippen LogP contribution in [0.4, 0.5) is 5.69 Å². The number of carbonyl (C=O) groups excluding carboxylic acids is 1. The number of fused-ring (bicyclic) bond motifs is 4. The number of amides is 1. The third-order valence-electron chi connectivity index (χ3n) is 6.48. The number of nitrogens with zero attached hydrogens (tertiary/aromatic N) is 3. The summed E-state index contributed by atoms with van der Waals surface area (Å²) >= 11 is 1.41. The molecule has 4 saturated heterocycles. The average Bonchev–Trinajstić information content (AvgIpc) is 3.35. The van der Waals surface area contributed by atoms with Crippen LogP contribution in [0.25, 0.3) is 10.1 Å². The van der Waals surface area contributed by atoms with Gasteiger partial charge < -0.3 is 19.9 Å². The monoisotopic (exact) mass is 386 g/mol. The fraction of sp³-hybridized carbons (Fsp3) is 0.600. The molecule has 0 saturated carbocycles. The van der Waals surface area contributed by atoms with Gasteiger partial charge >= 0.3 is 0 Å². The highest BCUT2D eigenvalue weighted by molar-refractivity contribution is 7.13. The molecule has 4 aliphatic heterocycles. The topological polar surface area (TPSA) is 57.7 Å². The number of aromatic nitrogens is 1. The van der Waals surface area contributed by atoms with E-state index in [-0.39, 0.29) is 11.9 Å². The second kappa shape index (κ2) is 7.04. The Hall–Kier alpha value is -1.70. The summed E-state index contributed by atoms with van der Waals surface area (Å²) in [4.78, 5) is 17.8. The van der Waals surface area contributed by atoms with Gasteiger partial charge in [0.15, 0.2) is 0 Å². The molecule has 2 aromatic rings. The molecule has 5 heterocycles. The zero-order valence-electron chi connectivity index (χ0n) is 15.7. The largest absolute Gasteiger partial charge is 0.380 e. The van der Waals surface area contributed by atoms with Crippen LogP contribution in [0.2, 0.25) is 0 Å². The number of piperidine rings is 3.